The fourth-order valence-corrected chi connectivity index (χ4v) is 2.93. The molecule has 2 amide bonds. The van der Waals surface area contributed by atoms with Gasteiger partial charge in [-0.25, -0.2) is 0 Å². The molecule has 1 aliphatic rings. The van der Waals surface area contributed by atoms with Gasteiger partial charge in [0.2, 0.25) is 5.91 Å². The lowest BCUT2D eigenvalue weighted by molar-refractivity contribution is -0.137. The van der Waals surface area contributed by atoms with Gasteiger partial charge in [0.05, 0.1) is 16.0 Å². The standard InChI is InChI=1S/C16H20Cl2N2O3/c1-9(3-4-10-5-6-12(17)13(18)7-10)19-15(22)11-8-20(2)16(23)14(11)21/h5-7,9,11,14,21H,3-4,8H2,1-2H3,(H,19,22). The van der Waals surface area contributed by atoms with Gasteiger partial charge in [0.15, 0.2) is 0 Å². The Balaban J connectivity index is 1.84. The van der Waals surface area contributed by atoms with E-state index in [2.05, 4.69) is 5.32 Å². The highest BCUT2D eigenvalue weighted by atomic mass is 35.5. The van der Waals surface area contributed by atoms with Crippen LogP contribution in [-0.2, 0) is 16.0 Å². The van der Waals surface area contributed by atoms with E-state index in [1.165, 1.54) is 4.90 Å². The first-order valence-electron chi connectivity index (χ1n) is 7.47. The Hall–Kier alpha value is -1.30. The van der Waals surface area contributed by atoms with Gasteiger partial charge in [-0.15, -0.1) is 0 Å². The maximum absolute atomic E-state index is 12.2. The quantitative estimate of drug-likeness (QED) is 0.844. The summed E-state index contributed by atoms with van der Waals surface area (Å²) in [4.78, 5) is 25.1. The van der Waals surface area contributed by atoms with Crippen molar-refractivity contribution in [3.8, 4) is 0 Å². The van der Waals surface area contributed by atoms with Crippen molar-refractivity contribution >= 4 is 35.0 Å². The first kappa shape index (κ1) is 18.0. The summed E-state index contributed by atoms with van der Waals surface area (Å²) in [7, 11) is 1.58. The van der Waals surface area contributed by atoms with E-state index in [1.54, 1.807) is 13.1 Å². The van der Waals surface area contributed by atoms with Crippen molar-refractivity contribution in [1.82, 2.24) is 10.2 Å². The van der Waals surface area contributed by atoms with Crippen molar-refractivity contribution in [2.75, 3.05) is 13.6 Å². The maximum atomic E-state index is 12.2. The molecule has 3 unspecified atom stereocenters. The molecular formula is C16H20Cl2N2O3. The van der Waals surface area contributed by atoms with Crippen molar-refractivity contribution in [2.24, 2.45) is 5.92 Å². The first-order valence-corrected chi connectivity index (χ1v) is 8.22. The van der Waals surface area contributed by atoms with Gasteiger partial charge in [-0.3, -0.25) is 9.59 Å². The highest BCUT2D eigenvalue weighted by molar-refractivity contribution is 6.42. The van der Waals surface area contributed by atoms with Crippen LogP contribution in [0.2, 0.25) is 10.0 Å². The Morgan fingerprint density at radius 1 is 1.43 bits per heavy atom. The zero-order valence-electron chi connectivity index (χ0n) is 13.1. The number of hydrogen-bond acceptors (Lipinski definition) is 3. The van der Waals surface area contributed by atoms with E-state index in [-0.39, 0.29) is 18.5 Å². The number of aliphatic hydroxyl groups is 1. The monoisotopic (exact) mass is 358 g/mol. The Kier molecular flexibility index (Phi) is 5.89. The lowest BCUT2D eigenvalue weighted by atomic mass is 10.0. The van der Waals surface area contributed by atoms with Crippen LogP contribution in [0, 0.1) is 5.92 Å². The molecule has 3 atom stereocenters. The second kappa shape index (κ2) is 7.51. The zero-order chi connectivity index (χ0) is 17.1. The number of rotatable bonds is 5. The molecule has 1 aromatic carbocycles. The fraction of sp³-hybridized carbons (Fsp3) is 0.500. The lowest BCUT2D eigenvalue weighted by Crippen LogP contribution is -2.42. The van der Waals surface area contributed by atoms with Crippen LogP contribution >= 0.6 is 23.2 Å². The summed E-state index contributed by atoms with van der Waals surface area (Å²) < 4.78 is 0. The van der Waals surface area contributed by atoms with Crippen LogP contribution < -0.4 is 5.32 Å². The largest absolute Gasteiger partial charge is 0.382 e. The SMILES string of the molecule is CC(CCc1ccc(Cl)c(Cl)c1)NC(=O)C1CN(C)C(=O)C1O. The second-order valence-electron chi connectivity index (χ2n) is 5.97. The molecule has 1 fully saturated rings. The number of carbonyl (C=O) groups is 2. The average molecular weight is 359 g/mol. The summed E-state index contributed by atoms with van der Waals surface area (Å²) in [5, 5.41) is 13.7. The van der Waals surface area contributed by atoms with Crippen LogP contribution in [0.25, 0.3) is 0 Å². The summed E-state index contributed by atoms with van der Waals surface area (Å²) in [5.74, 6) is -1.41. The minimum atomic E-state index is -1.25. The molecule has 23 heavy (non-hydrogen) atoms. The second-order valence-corrected chi connectivity index (χ2v) is 6.78. The molecule has 2 N–H and O–H groups in total. The van der Waals surface area contributed by atoms with E-state index in [1.807, 2.05) is 19.1 Å². The fourth-order valence-electron chi connectivity index (χ4n) is 2.61. The summed E-state index contributed by atoms with van der Waals surface area (Å²) in [6.45, 7) is 2.13. The van der Waals surface area contributed by atoms with Crippen molar-refractivity contribution in [3.05, 3.63) is 33.8 Å². The summed E-state index contributed by atoms with van der Waals surface area (Å²) in [5.41, 5.74) is 1.04. The molecule has 1 heterocycles. The van der Waals surface area contributed by atoms with E-state index >= 15 is 0 Å². The third kappa shape index (κ3) is 4.37. The molecule has 0 bridgehead atoms. The molecule has 7 heteroatoms. The molecule has 1 aliphatic heterocycles. The van der Waals surface area contributed by atoms with Gasteiger partial charge in [-0.2, -0.15) is 0 Å². The number of likely N-dealkylation sites (N-methyl/N-ethyl adjacent to an activating group) is 1. The molecular weight excluding hydrogens is 339 g/mol. The predicted molar refractivity (Wildman–Crippen MR) is 89.5 cm³/mol. The van der Waals surface area contributed by atoms with Gasteiger partial charge in [0, 0.05) is 19.6 Å². The van der Waals surface area contributed by atoms with E-state index in [0.717, 1.165) is 18.4 Å². The highest BCUT2D eigenvalue weighted by Crippen LogP contribution is 2.23. The molecule has 0 aliphatic carbocycles. The van der Waals surface area contributed by atoms with Crippen LogP contribution in [0.4, 0.5) is 0 Å². The van der Waals surface area contributed by atoms with Crippen LogP contribution in [-0.4, -0.2) is 47.6 Å². The number of aryl methyl sites for hydroxylation is 1. The highest BCUT2D eigenvalue weighted by Gasteiger charge is 2.41. The van der Waals surface area contributed by atoms with Crippen LogP contribution in [0.5, 0.6) is 0 Å². The molecule has 0 spiro atoms. The van der Waals surface area contributed by atoms with Crippen molar-refractivity contribution < 1.29 is 14.7 Å². The third-order valence-corrected chi connectivity index (χ3v) is 4.80. The van der Waals surface area contributed by atoms with Gasteiger partial charge in [-0.05, 0) is 37.5 Å². The van der Waals surface area contributed by atoms with E-state index in [9.17, 15) is 14.7 Å². The average Bonchev–Trinajstić information content (AvgIpc) is 2.76. The first-order chi connectivity index (χ1) is 10.8. The summed E-state index contributed by atoms with van der Waals surface area (Å²) in [6, 6.07) is 5.38. The number of hydrogen-bond donors (Lipinski definition) is 2. The zero-order valence-corrected chi connectivity index (χ0v) is 14.6. The van der Waals surface area contributed by atoms with Gasteiger partial charge >= 0.3 is 0 Å². The Morgan fingerprint density at radius 2 is 2.13 bits per heavy atom. The minimum absolute atomic E-state index is 0.0786. The number of carbonyl (C=O) groups excluding carboxylic acids is 2. The Labute approximate surface area is 145 Å². The molecule has 1 saturated heterocycles. The third-order valence-electron chi connectivity index (χ3n) is 4.06. The van der Waals surface area contributed by atoms with Crippen LogP contribution in [0.1, 0.15) is 18.9 Å². The summed E-state index contributed by atoms with van der Waals surface area (Å²) >= 11 is 11.9. The van der Waals surface area contributed by atoms with E-state index < -0.39 is 17.9 Å². The van der Waals surface area contributed by atoms with Gasteiger partial charge < -0.3 is 15.3 Å². The molecule has 0 aromatic heterocycles. The number of nitrogens with zero attached hydrogens (tertiary/aromatic N) is 1. The van der Waals surface area contributed by atoms with Gasteiger partial charge in [0.1, 0.15) is 6.10 Å². The topological polar surface area (TPSA) is 69.6 Å². The molecule has 5 nitrogen and oxygen atoms in total. The van der Waals surface area contributed by atoms with Crippen molar-refractivity contribution in [2.45, 2.75) is 31.9 Å². The van der Waals surface area contributed by atoms with Crippen LogP contribution in [0.15, 0.2) is 18.2 Å². The number of halogens is 2. The van der Waals surface area contributed by atoms with Gasteiger partial charge in [0.25, 0.3) is 5.91 Å². The van der Waals surface area contributed by atoms with Crippen molar-refractivity contribution in [3.63, 3.8) is 0 Å². The number of amides is 2. The van der Waals surface area contributed by atoms with E-state index in [0.29, 0.717) is 10.0 Å². The number of nitrogens with one attached hydrogen (secondary N) is 1. The lowest BCUT2D eigenvalue weighted by Gasteiger charge is -2.18. The minimum Gasteiger partial charge on any atom is -0.382 e. The number of aliphatic hydroxyl groups excluding tert-OH is 1. The summed E-state index contributed by atoms with van der Waals surface area (Å²) in [6.07, 6.45) is 0.211. The Morgan fingerprint density at radius 3 is 2.70 bits per heavy atom. The predicted octanol–water partition coefficient (Wildman–Crippen LogP) is 1.88. The van der Waals surface area contributed by atoms with Crippen LogP contribution in [0.3, 0.4) is 0 Å². The molecule has 126 valence electrons. The Bertz CT molecular complexity index is 609. The molecule has 0 saturated carbocycles. The van der Waals surface area contributed by atoms with Gasteiger partial charge in [-0.1, -0.05) is 29.3 Å². The molecule has 2 rings (SSSR count). The maximum Gasteiger partial charge on any atom is 0.252 e. The number of likely N-dealkylation sites (tertiary alicyclic amines) is 1. The van der Waals surface area contributed by atoms with E-state index in [4.69, 9.17) is 23.2 Å². The molecule has 1 aromatic rings. The smallest absolute Gasteiger partial charge is 0.252 e. The normalized spacial score (nSPS) is 22.3. The molecule has 0 radical (unpaired) electrons. The van der Waals surface area contributed by atoms with Crippen molar-refractivity contribution in [1.29, 1.82) is 0 Å². The number of benzene rings is 1.